The smallest absolute Gasteiger partial charge is 0.268 e. The fourth-order valence-electron chi connectivity index (χ4n) is 3.27. The molecule has 27 heavy (non-hydrogen) atoms. The molecule has 0 bridgehead atoms. The van der Waals surface area contributed by atoms with Crippen LogP contribution in [0.25, 0.3) is 11.3 Å². The third kappa shape index (κ3) is 3.54. The van der Waals surface area contributed by atoms with Crippen LogP contribution in [0.2, 0.25) is 0 Å². The van der Waals surface area contributed by atoms with Gasteiger partial charge >= 0.3 is 0 Å². The Bertz CT molecular complexity index is 876. The predicted molar refractivity (Wildman–Crippen MR) is 102 cm³/mol. The van der Waals surface area contributed by atoms with Crippen LogP contribution in [0, 0.1) is 6.92 Å². The van der Waals surface area contributed by atoms with Crippen LogP contribution in [0.1, 0.15) is 11.9 Å². The Labute approximate surface area is 161 Å². The number of hydrogen-bond donors (Lipinski definition) is 0. The first kappa shape index (κ1) is 17.9. The second-order valence-electron chi connectivity index (χ2n) is 6.61. The fraction of sp³-hybridized carbons (Fsp3) is 0.421. The van der Waals surface area contributed by atoms with Gasteiger partial charge in [0.2, 0.25) is 5.91 Å². The molecule has 7 nitrogen and oxygen atoms in total. The van der Waals surface area contributed by atoms with Crippen molar-refractivity contribution in [3.63, 3.8) is 0 Å². The van der Waals surface area contributed by atoms with Crippen LogP contribution in [0.4, 0.5) is 5.69 Å². The summed E-state index contributed by atoms with van der Waals surface area (Å²) in [7, 11) is 0. The van der Waals surface area contributed by atoms with E-state index in [2.05, 4.69) is 4.98 Å². The molecular weight excluding hydrogens is 366 g/mol. The molecule has 0 saturated carbocycles. The van der Waals surface area contributed by atoms with E-state index in [0.29, 0.717) is 37.7 Å². The first-order valence-corrected chi connectivity index (χ1v) is 9.81. The molecule has 1 saturated heterocycles. The Hall–Kier alpha value is -2.45. The van der Waals surface area contributed by atoms with E-state index in [1.165, 1.54) is 4.90 Å². The maximum atomic E-state index is 12.8. The van der Waals surface area contributed by atoms with E-state index in [4.69, 9.17) is 9.47 Å². The number of fused-ring (bicyclic) bond motifs is 1. The molecule has 4 rings (SSSR count). The normalized spacial score (nSPS) is 19.6. The second kappa shape index (κ2) is 7.28. The molecule has 2 aliphatic rings. The molecule has 1 atom stereocenters. The van der Waals surface area contributed by atoms with Crippen molar-refractivity contribution in [3.05, 3.63) is 28.6 Å². The number of carbonyl (C=O) groups is 2. The molecule has 0 spiro atoms. The monoisotopic (exact) mass is 387 g/mol. The van der Waals surface area contributed by atoms with Gasteiger partial charge in [0, 0.05) is 24.0 Å². The van der Waals surface area contributed by atoms with E-state index in [1.807, 2.05) is 30.5 Å². The molecular formula is C19H21N3O4S. The minimum Gasteiger partial charge on any atom is -0.479 e. The number of nitrogens with zero attached hydrogens (tertiary/aromatic N) is 3. The molecule has 2 aliphatic heterocycles. The predicted octanol–water partition coefficient (Wildman–Crippen LogP) is 2.09. The maximum Gasteiger partial charge on any atom is 0.268 e. The summed E-state index contributed by atoms with van der Waals surface area (Å²) < 4.78 is 11.0. The minimum atomic E-state index is -0.623. The van der Waals surface area contributed by atoms with E-state index in [1.54, 1.807) is 23.2 Å². The van der Waals surface area contributed by atoms with Crippen molar-refractivity contribution in [2.45, 2.75) is 20.0 Å². The van der Waals surface area contributed by atoms with E-state index in [0.717, 1.165) is 16.3 Å². The first-order valence-electron chi connectivity index (χ1n) is 8.93. The zero-order chi connectivity index (χ0) is 19.0. The van der Waals surface area contributed by atoms with Crippen molar-refractivity contribution in [1.82, 2.24) is 9.88 Å². The number of amides is 2. The number of thiazole rings is 1. The van der Waals surface area contributed by atoms with Gasteiger partial charge in [0.05, 0.1) is 29.6 Å². The molecule has 8 heteroatoms. The highest BCUT2D eigenvalue weighted by molar-refractivity contribution is 7.09. The van der Waals surface area contributed by atoms with Crippen LogP contribution >= 0.6 is 11.3 Å². The van der Waals surface area contributed by atoms with Gasteiger partial charge < -0.3 is 14.4 Å². The van der Waals surface area contributed by atoms with Crippen molar-refractivity contribution in [2.75, 3.05) is 37.7 Å². The second-order valence-corrected chi connectivity index (χ2v) is 7.67. The number of ether oxygens (including phenoxy) is 2. The molecule has 0 N–H and O–H groups in total. The average molecular weight is 387 g/mol. The summed E-state index contributed by atoms with van der Waals surface area (Å²) in [6.07, 6.45) is -0.623. The number of rotatable bonds is 3. The lowest BCUT2D eigenvalue weighted by molar-refractivity contribution is -0.136. The van der Waals surface area contributed by atoms with Crippen molar-refractivity contribution >= 4 is 28.8 Å². The largest absolute Gasteiger partial charge is 0.479 e. The van der Waals surface area contributed by atoms with Crippen LogP contribution < -0.4 is 9.64 Å². The van der Waals surface area contributed by atoms with Crippen molar-refractivity contribution < 1.29 is 19.1 Å². The number of benzene rings is 1. The van der Waals surface area contributed by atoms with Gasteiger partial charge in [-0.05, 0) is 32.0 Å². The molecule has 1 unspecified atom stereocenters. The highest BCUT2D eigenvalue weighted by Gasteiger charge is 2.34. The van der Waals surface area contributed by atoms with Gasteiger partial charge in [-0.15, -0.1) is 11.3 Å². The third-order valence-electron chi connectivity index (χ3n) is 4.74. The van der Waals surface area contributed by atoms with Crippen LogP contribution in [0.15, 0.2) is 23.6 Å². The van der Waals surface area contributed by atoms with Gasteiger partial charge in [-0.2, -0.15) is 0 Å². The topological polar surface area (TPSA) is 72.0 Å². The number of anilines is 1. The molecule has 142 valence electrons. The number of carbonyl (C=O) groups excluding carboxylic acids is 2. The molecule has 0 radical (unpaired) electrons. The fourth-order valence-corrected chi connectivity index (χ4v) is 3.90. The summed E-state index contributed by atoms with van der Waals surface area (Å²) in [4.78, 5) is 33.2. The molecule has 3 heterocycles. The summed E-state index contributed by atoms with van der Waals surface area (Å²) in [6.45, 7) is 5.82. The van der Waals surface area contributed by atoms with Crippen LogP contribution in [0.5, 0.6) is 5.75 Å². The Kier molecular flexibility index (Phi) is 4.84. The van der Waals surface area contributed by atoms with E-state index in [-0.39, 0.29) is 18.4 Å². The highest BCUT2D eigenvalue weighted by Crippen LogP contribution is 2.37. The molecule has 0 aliphatic carbocycles. The van der Waals surface area contributed by atoms with E-state index < -0.39 is 6.10 Å². The lowest BCUT2D eigenvalue weighted by Crippen LogP contribution is -2.51. The van der Waals surface area contributed by atoms with Gasteiger partial charge in [-0.25, -0.2) is 4.98 Å². The SMILES string of the molecule is Cc1nc(-c2ccc3c(c2)N(CC(=O)N2CCOCC2)C(=O)C(C)O3)cs1. The summed E-state index contributed by atoms with van der Waals surface area (Å²) in [5.41, 5.74) is 2.36. The number of aryl methyl sites for hydroxylation is 1. The quantitative estimate of drug-likeness (QED) is 0.806. The van der Waals surface area contributed by atoms with Gasteiger partial charge in [-0.1, -0.05) is 0 Å². The van der Waals surface area contributed by atoms with Gasteiger partial charge in [-0.3, -0.25) is 14.5 Å². The van der Waals surface area contributed by atoms with Gasteiger partial charge in [0.1, 0.15) is 12.3 Å². The zero-order valence-electron chi connectivity index (χ0n) is 15.3. The van der Waals surface area contributed by atoms with Crippen LogP contribution in [-0.2, 0) is 14.3 Å². The highest BCUT2D eigenvalue weighted by atomic mass is 32.1. The van der Waals surface area contributed by atoms with Gasteiger partial charge in [0.25, 0.3) is 5.91 Å². The van der Waals surface area contributed by atoms with Crippen LogP contribution in [0.3, 0.4) is 0 Å². The van der Waals surface area contributed by atoms with Crippen LogP contribution in [-0.4, -0.2) is 60.7 Å². The average Bonchev–Trinajstić information content (AvgIpc) is 3.12. The van der Waals surface area contributed by atoms with Gasteiger partial charge in [0.15, 0.2) is 6.10 Å². The van der Waals surface area contributed by atoms with Crippen molar-refractivity contribution in [3.8, 4) is 17.0 Å². The lowest BCUT2D eigenvalue weighted by atomic mass is 10.1. The first-order chi connectivity index (χ1) is 13.0. The molecule has 1 fully saturated rings. The summed E-state index contributed by atoms with van der Waals surface area (Å²) in [6, 6.07) is 5.65. The minimum absolute atomic E-state index is 0.000913. The number of morpholine rings is 1. The number of aromatic nitrogens is 1. The standard InChI is InChI=1S/C19H21N3O4S/c1-12-19(24)22(10-18(23)21-5-7-25-8-6-21)16-9-14(3-4-17(16)26-12)15-11-27-13(2)20-15/h3-4,9,11-12H,5-8,10H2,1-2H3. The Morgan fingerprint density at radius 3 is 2.81 bits per heavy atom. The number of hydrogen-bond acceptors (Lipinski definition) is 6. The maximum absolute atomic E-state index is 12.8. The zero-order valence-corrected chi connectivity index (χ0v) is 16.1. The summed E-state index contributed by atoms with van der Waals surface area (Å²) in [5.74, 6) is 0.310. The molecule has 2 amide bonds. The molecule has 2 aromatic rings. The lowest BCUT2D eigenvalue weighted by Gasteiger charge is -2.35. The Morgan fingerprint density at radius 2 is 2.11 bits per heavy atom. The van der Waals surface area contributed by atoms with E-state index in [9.17, 15) is 9.59 Å². The summed E-state index contributed by atoms with van der Waals surface area (Å²) >= 11 is 1.57. The van der Waals surface area contributed by atoms with E-state index >= 15 is 0 Å². The Morgan fingerprint density at radius 1 is 1.33 bits per heavy atom. The summed E-state index contributed by atoms with van der Waals surface area (Å²) in [5, 5.41) is 2.96. The Balaban J connectivity index is 1.65. The molecule has 1 aromatic carbocycles. The van der Waals surface area contributed by atoms with Crippen molar-refractivity contribution in [1.29, 1.82) is 0 Å². The molecule has 1 aromatic heterocycles. The third-order valence-corrected chi connectivity index (χ3v) is 5.51. The van der Waals surface area contributed by atoms with Crippen molar-refractivity contribution in [2.24, 2.45) is 0 Å².